The summed E-state index contributed by atoms with van der Waals surface area (Å²) in [6.45, 7) is 4.38. The minimum atomic E-state index is 0.0899. The zero-order valence-corrected chi connectivity index (χ0v) is 12.9. The summed E-state index contributed by atoms with van der Waals surface area (Å²) in [4.78, 5) is 1.25. The molecule has 1 aromatic rings. The van der Waals surface area contributed by atoms with Gasteiger partial charge in [0.1, 0.15) is 11.4 Å². The molecule has 0 bridgehead atoms. The van der Waals surface area contributed by atoms with E-state index in [-0.39, 0.29) is 5.60 Å². The van der Waals surface area contributed by atoms with Gasteiger partial charge in [0.05, 0.1) is 0 Å². The average molecular weight is 279 g/mol. The third-order valence-corrected chi connectivity index (χ3v) is 4.62. The Bertz CT molecular complexity index is 390. The summed E-state index contributed by atoms with van der Waals surface area (Å²) in [5, 5.41) is 3.49. The fourth-order valence-electron chi connectivity index (χ4n) is 2.53. The van der Waals surface area contributed by atoms with Gasteiger partial charge in [-0.3, -0.25) is 0 Å². The lowest BCUT2D eigenvalue weighted by atomic mass is 9.77. The molecule has 2 nitrogen and oxygen atoms in total. The number of rotatable bonds is 8. The van der Waals surface area contributed by atoms with Crippen LogP contribution in [0.4, 0.5) is 0 Å². The van der Waals surface area contributed by atoms with Crippen molar-refractivity contribution in [2.24, 2.45) is 0 Å². The van der Waals surface area contributed by atoms with E-state index in [0.29, 0.717) is 0 Å². The minimum Gasteiger partial charge on any atom is -0.486 e. The summed E-state index contributed by atoms with van der Waals surface area (Å²) in [5.41, 5.74) is 0.0899. The predicted molar refractivity (Wildman–Crippen MR) is 83.2 cm³/mol. The normalized spacial score (nSPS) is 16.9. The molecule has 0 aromatic heterocycles. The Morgan fingerprint density at radius 2 is 2.05 bits per heavy atom. The molecule has 1 fully saturated rings. The van der Waals surface area contributed by atoms with Gasteiger partial charge in [0.15, 0.2) is 0 Å². The van der Waals surface area contributed by atoms with Crippen LogP contribution >= 0.6 is 11.8 Å². The first-order valence-electron chi connectivity index (χ1n) is 7.32. The number of para-hydroxylation sites is 1. The zero-order valence-electron chi connectivity index (χ0n) is 12.1. The second-order valence-electron chi connectivity index (χ2n) is 5.29. The quantitative estimate of drug-likeness (QED) is 0.572. The van der Waals surface area contributed by atoms with E-state index in [1.54, 1.807) is 11.8 Å². The third-order valence-electron chi connectivity index (χ3n) is 3.84. The van der Waals surface area contributed by atoms with Crippen LogP contribution in [0.3, 0.4) is 0 Å². The van der Waals surface area contributed by atoms with Crippen LogP contribution in [0.2, 0.25) is 0 Å². The van der Waals surface area contributed by atoms with Gasteiger partial charge < -0.3 is 10.1 Å². The summed E-state index contributed by atoms with van der Waals surface area (Å²) < 4.78 is 6.38. The van der Waals surface area contributed by atoms with Gasteiger partial charge in [-0.1, -0.05) is 19.1 Å². The molecule has 1 saturated carbocycles. The molecule has 2 rings (SSSR count). The van der Waals surface area contributed by atoms with Crippen molar-refractivity contribution >= 4 is 11.8 Å². The molecule has 0 unspecified atom stereocenters. The Kier molecular flexibility index (Phi) is 5.59. The van der Waals surface area contributed by atoms with Crippen LogP contribution in [0.25, 0.3) is 0 Å². The van der Waals surface area contributed by atoms with Crippen LogP contribution in [0.1, 0.15) is 39.0 Å². The molecule has 0 radical (unpaired) electrons. The third kappa shape index (κ3) is 3.90. The Morgan fingerprint density at radius 3 is 2.68 bits per heavy atom. The largest absolute Gasteiger partial charge is 0.486 e. The van der Waals surface area contributed by atoms with Gasteiger partial charge >= 0.3 is 0 Å². The summed E-state index contributed by atoms with van der Waals surface area (Å²) in [6, 6.07) is 8.39. The molecule has 1 aliphatic carbocycles. The zero-order chi connectivity index (χ0) is 13.6. The standard InChI is InChI=1S/C16H25NOS/c1-3-12-17-13-11-16(9-6-10-16)18-14-7-4-5-8-15(14)19-2/h4-5,7-8,17H,3,6,9-13H2,1-2H3. The number of thioether (sulfide) groups is 1. The molecular formula is C16H25NOS. The SMILES string of the molecule is CCCNCCC1(Oc2ccccc2SC)CCC1. The molecule has 0 atom stereocenters. The van der Waals surface area contributed by atoms with Crippen LogP contribution in [0, 0.1) is 0 Å². The molecule has 0 saturated heterocycles. The second kappa shape index (κ2) is 7.20. The first kappa shape index (κ1) is 14.7. The molecule has 1 N–H and O–H groups in total. The van der Waals surface area contributed by atoms with Crippen molar-refractivity contribution in [1.82, 2.24) is 5.32 Å². The molecule has 3 heteroatoms. The highest BCUT2D eigenvalue weighted by atomic mass is 32.2. The minimum absolute atomic E-state index is 0.0899. The van der Waals surface area contributed by atoms with Gasteiger partial charge in [0, 0.05) is 4.90 Å². The summed E-state index contributed by atoms with van der Waals surface area (Å²) in [5.74, 6) is 1.06. The van der Waals surface area contributed by atoms with E-state index in [0.717, 1.165) is 25.3 Å². The lowest BCUT2D eigenvalue weighted by Gasteiger charge is -2.42. The summed E-state index contributed by atoms with van der Waals surface area (Å²) in [6.07, 6.45) is 8.12. The second-order valence-corrected chi connectivity index (χ2v) is 6.14. The smallest absolute Gasteiger partial charge is 0.133 e. The van der Waals surface area contributed by atoms with Crippen molar-refractivity contribution in [3.05, 3.63) is 24.3 Å². The average Bonchev–Trinajstić information content (AvgIpc) is 2.41. The van der Waals surface area contributed by atoms with Crippen LogP contribution < -0.4 is 10.1 Å². The van der Waals surface area contributed by atoms with Crippen LogP contribution in [-0.2, 0) is 0 Å². The number of ether oxygens (including phenoxy) is 1. The topological polar surface area (TPSA) is 21.3 Å². The number of hydrogen-bond donors (Lipinski definition) is 1. The van der Waals surface area contributed by atoms with Gasteiger partial charge in [0.2, 0.25) is 0 Å². The van der Waals surface area contributed by atoms with E-state index in [2.05, 4.69) is 42.8 Å². The van der Waals surface area contributed by atoms with Crippen LogP contribution in [-0.4, -0.2) is 24.9 Å². The fourth-order valence-corrected chi connectivity index (χ4v) is 3.05. The van der Waals surface area contributed by atoms with Crippen molar-refractivity contribution < 1.29 is 4.74 Å². The molecular weight excluding hydrogens is 254 g/mol. The summed E-state index contributed by atoms with van der Waals surface area (Å²) >= 11 is 1.76. The first-order valence-corrected chi connectivity index (χ1v) is 8.55. The summed E-state index contributed by atoms with van der Waals surface area (Å²) in [7, 11) is 0. The van der Waals surface area contributed by atoms with E-state index in [1.807, 2.05) is 0 Å². The van der Waals surface area contributed by atoms with Crippen LogP contribution in [0.5, 0.6) is 5.75 Å². The van der Waals surface area contributed by atoms with Gasteiger partial charge in [0.25, 0.3) is 0 Å². The molecule has 0 spiro atoms. The van der Waals surface area contributed by atoms with E-state index in [4.69, 9.17) is 4.74 Å². The van der Waals surface area contributed by atoms with E-state index in [9.17, 15) is 0 Å². The molecule has 0 heterocycles. The molecule has 106 valence electrons. The first-order chi connectivity index (χ1) is 9.29. The van der Waals surface area contributed by atoms with E-state index >= 15 is 0 Å². The Labute approximate surface area is 121 Å². The highest BCUT2D eigenvalue weighted by molar-refractivity contribution is 7.98. The molecule has 1 aromatic carbocycles. The highest BCUT2D eigenvalue weighted by Gasteiger charge is 2.39. The van der Waals surface area contributed by atoms with Crippen molar-refractivity contribution in [2.45, 2.75) is 49.5 Å². The van der Waals surface area contributed by atoms with Gasteiger partial charge in [-0.2, -0.15) is 0 Å². The molecule has 19 heavy (non-hydrogen) atoms. The Hall–Kier alpha value is -0.670. The monoisotopic (exact) mass is 279 g/mol. The van der Waals surface area contributed by atoms with Crippen molar-refractivity contribution in [3.63, 3.8) is 0 Å². The maximum absolute atomic E-state index is 6.38. The van der Waals surface area contributed by atoms with Crippen molar-refractivity contribution in [2.75, 3.05) is 19.3 Å². The van der Waals surface area contributed by atoms with Gasteiger partial charge in [-0.25, -0.2) is 0 Å². The Morgan fingerprint density at radius 1 is 1.26 bits per heavy atom. The van der Waals surface area contributed by atoms with Gasteiger partial charge in [-0.15, -0.1) is 11.8 Å². The number of benzene rings is 1. The molecule has 1 aliphatic rings. The maximum atomic E-state index is 6.38. The number of nitrogens with one attached hydrogen (secondary N) is 1. The van der Waals surface area contributed by atoms with Crippen LogP contribution in [0.15, 0.2) is 29.2 Å². The van der Waals surface area contributed by atoms with Crippen molar-refractivity contribution in [1.29, 1.82) is 0 Å². The highest BCUT2D eigenvalue weighted by Crippen LogP contribution is 2.41. The lowest BCUT2D eigenvalue weighted by Crippen LogP contribution is -2.45. The van der Waals surface area contributed by atoms with Gasteiger partial charge in [-0.05, 0) is 63.6 Å². The van der Waals surface area contributed by atoms with Crippen molar-refractivity contribution in [3.8, 4) is 5.75 Å². The molecule has 0 aliphatic heterocycles. The maximum Gasteiger partial charge on any atom is 0.133 e. The lowest BCUT2D eigenvalue weighted by molar-refractivity contribution is -0.0163. The molecule has 0 amide bonds. The van der Waals surface area contributed by atoms with E-state index < -0.39 is 0 Å². The Balaban J connectivity index is 1.94. The number of hydrogen-bond acceptors (Lipinski definition) is 3. The fraction of sp³-hybridized carbons (Fsp3) is 0.625. The predicted octanol–water partition coefficient (Wildman–Crippen LogP) is 4.10. The van der Waals surface area contributed by atoms with E-state index in [1.165, 1.54) is 30.6 Å².